The van der Waals surface area contributed by atoms with E-state index in [0.29, 0.717) is 16.3 Å². The summed E-state index contributed by atoms with van der Waals surface area (Å²) < 4.78 is 42.9. The maximum absolute atomic E-state index is 13.3. The van der Waals surface area contributed by atoms with Crippen molar-refractivity contribution in [2.24, 2.45) is 0 Å². The molecule has 4 aromatic rings. The fraction of sp³-hybridized carbons (Fsp3) is 0.292. The molecule has 0 radical (unpaired) electrons. The van der Waals surface area contributed by atoms with Gasteiger partial charge in [0.2, 0.25) is 0 Å². The highest BCUT2D eigenvalue weighted by molar-refractivity contribution is 6.30. The lowest BCUT2D eigenvalue weighted by atomic mass is 10.1. The lowest BCUT2D eigenvalue weighted by molar-refractivity contribution is -0.207. The number of aryl methyl sites for hydroxylation is 1. The van der Waals surface area contributed by atoms with Crippen molar-refractivity contribution in [3.8, 4) is 16.9 Å². The van der Waals surface area contributed by atoms with Crippen molar-refractivity contribution in [3.05, 3.63) is 87.4 Å². The first-order valence-electron chi connectivity index (χ1n) is 11.0. The molecule has 0 amide bonds. The van der Waals surface area contributed by atoms with E-state index in [1.807, 2.05) is 25.1 Å². The van der Waals surface area contributed by atoms with E-state index >= 15 is 0 Å². The number of aromatic nitrogens is 5. The molecule has 8 nitrogen and oxygen atoms in total. The fourth-order valence-electron chi connectivity index (χ4n) is 3.71. The van der Waals surface area contributed by atoms with Crippen LogP contribution in [0.2, 0.25) is 5.02 Å². The summed E-state index contributed by atoms with van der Waals surface area (Å²) in [5, 5.41) is 24.5. The van der Waals surface area contributed by atoms with Crippen LogP contribution in [-0.2, 0) is 13.1 Å². The highest BCUT2D eigenvalue weighted by atomic mass is 35.5. The molecular formula is C24H23ClF3N5O3. The number of alkyl halides is 3. The minimum Gasteiger partial charge on any atom is -0.385 e. The van der Waals surface area contributed by atoms with Crippen molar-refractivity contribution in [2.75, 3.05) is 0 Å². The second-order valence-corrected chi connectivity index (χ2v) is 8.85. The van der Waals surface area contributed by atoms with E-state index in [9.17, 15) is 28.2 Å². The Hall–Kier alpha value is -3.41. The van der Waals surface area contributed by atoms with Crippen LogP contribution in [0.15, 0.2) is 59.5 Å². The predicted octanol–water partition coefficient (Wildman–Crippen LogP) is 3.88. The Kier molecular flexibility index (Phi) is 7.07. The minimum atomic E-state index is -4.91. The zero-order valence-electron chi connectivity index (χ0n) is 19.3. The molecule has 2 atom stereocenters. The molecule has 0 aliphatic rings. The number of halogens is 4. The SMILES string of the molecule is Cc1cccc(-n2nc(C(C)O)nc2Cn2cc(-c3ccc(Cl)cc3)n(CC(O)C(F)(F)F)c2=O)c1. The molecule has 4 rings (SSSR count). The quantitative estimate of drug-likeness (QED) is 0.384. The van der Waals surface area contributed by atoms with E-state index < -0.39 is 30.6 Å². The molecule has 0 aliphatic carbocycles. The van der Waals surface area contributed by atoms with Gasteiger partial charge in [-0.25, -0.2) is 14.5 Å². The van der Waals surface area contributed by atoms with Crippen LogP contribution in [0.4, 0.5) is 13.2 Å². The summed E-state index contributed by atoms with van der Waals surface area (Å²) in [5.74, 6) is 0.416. The minimum absolute atomic E-state index is 0.129. The molecule has 12 heteroatoms. The van der Waals surface area contributed by atoms with Gasteiger partial charge in [0.05, 0.1) is 24.5 Å². The molecule has 2 aromatic carbocycles. The average Bonchev–Trinajstić information content (AvgIpc) is 3.36. The van der Waals surface area contributed by atoms with Gasteiger partial charge in [-0.15, -0.1) is 5.10 Å². The number of hydrogen-bond acceptors (Lipinski definition) is 5. The summed E-state index contributed by atoms with van der Waals surface area (Å²) in [6.07, 6.45) is -7.24. The summed E-state index contributed by atoms with van der Waals surface area (Å²) in [4.78, 5) is 17.6. The smallest absolute Gasteiger partial charge is 0.385 e. The topological polar surface area (TPSA) is 98.1 Å². The van der Waals surface area contributed by atoms with E-state index in [2.05, 4.69) is 10.1 Å². The summed E-state index contributed by atoms with van der Waals surface area (Å²) in [6, 6.07) is 13.6. The van der Waals surface area contributed by atoms with Crippen LogP contribution >= 0.6 is 11.6 Å². The number of hydrogen-bond donors (Lipinski definition) is 2. The van der Waals surface area contributed by atoms with Gasteiger partial charge >= 0.3 is 11.9 Å². The van der Waals surface area contributed by atoms with Crippen molar-refractivity contribution in [2.45, 2.75) is 45.3 Å². The lowest BCUT2D eigenvalue weighted by Gasteiger charge is -2.16. The third kappa shape index (κ3) is 5.38. The van der Waals surface area contributed by atoms with Crippen LogP contribution in [0.5, 0.6) is 0 Å². The zero-order valence-corrected chi connectivity index (χ0v) is 20.1. The van der Waals surface area contributed by atoms with Crippen LogP contribution in [0.1, 0.15) is 30.2 Å². The second kappa shape index (κ2) is 9.92. The van der Waals surface area contributed by atoms with Gasteiger partial charge < -0.3 is 10.2 Å². The van der Waals surface area contributed by atoms with Gasteiger partial charge in [-0.2, -0.15) is 13.2 Å². The van der Waals surface area contributed by atoms with Gasteiger partial charge in [0.25, 0.3) is 0 Å². The molecule has 2 aromatic heterocycles. The van der Waals surface area contributed by atoms with E-state index in [0.717, 1.165) is 10.1 Å². The van der Waals surface area contributed by atoms with Crippen LogP contribution in [0.25, 0.3) is 16.9 Å². The van der Waals surface area contributed by atoms with Crippen LogP contribution in [0, 0.1) is 6.92 Å². The normalized spacial score (nSPS) is 13.7. The fourth-order valence-corrected chi connectivity index (χ4v) is 3.83. The molecular weight excluding hydrogens is 499 g/mol. The van der Waals surface area contributed by atoms with Gasteiger partial charge in [-0.3, -0.25) is 9.13 Å². The van der Waals surface area contributed by atoms with Crippen molar-refractivity contribution < 1.29 is 23.4 Å². The molecule has 0 aliphatic heterocycles. The Morgan fingerprint density at radius 2 is 1.81 bits per heavy atom. The van der Waals surface area contributed by atoms with Gasteiger partial charge in [0.1, 0.15) is 6.10 Å². The standard InChI is InChI=1S/C24H23ClF3N5O3/c1-14-4-3-5-18(10-14)33-21(29-22(30-33)15(2)34)13-31-11-19(16-6-8-17(25)9-7-16)32(23(31)36)12-20(35)24(26,27)28/h3-11,15,20,34-35H,12-13H2,1-2H3. The van der Waals surface area contributed by atoms with Crippen molar-refractivity contribution >= 4 is 11.6 Å². The first kappa shape index (κ1) is 25.7. The Labute approximate surface area is 208 Å². The summed E-state index contributed by atoms with van der Waals surface area (Å²) in [7, 11) is 0. The second-order valence-electron chi connectivity index (χ2n) is 8.41. The third-order valence-corrected chi connectivity index (χ3v) is 5.79. The molecule has 2 N–H and O–H groups in total. The first-order chi connectivity index (χ1) is 16.9. The highest BCUT2D eigenvalue weighted by Crippen LogP contribution is 2.25. The monoisotopic (exact) mass is 521 g/mol. The van der Waals surface area contributed by atoms with Crippen molar-refractivity contribution in [3.63, 3.8) is 0 Å². The van der Waals surface area contributed by atoms with Crippen molar-refractivity contribution in [1.29, 1.82) is 0 Å². The van der Waals surface area contributed by atoms with Crippen molar-refractivity contribution in [1.82, 2.24) is 23.9 Å². The van der Waals surface area contributed by atoms with Gasteiger partial charge in [-0.05, 0) is 49.2 Å². The molecule has 0 saturated heterocycles. The van der Waals surface area contributed by atoms with Crippen LogP contribution < -0.4 is 5.69 Å². The Balaban J connectivity index is 1.82. The first-order valence-corrected chi connectivity index (χ1v) is 11.3. The van der Waals surface area contributed by atoms with E-state index in [-0.39, 0.29) is 23.9 Å². The number of benzene rings is 2. The Morgan fingerprint density at radius 3 is 2.42 bits per heavy atom. The summed E-state index contributed by atoms with van der Waals surface area (Å²) in [6.45, 7) is 2.25. The largest absolute Gasteiger partial charge is 0.416 e. The maximum atomic E-state index is 13.3. The molecule has 0 fully saturated rings. The maximum Gasteiger partial charge on any atom is 0.416 e. The average molecular weight is 522 g/mol. The lowest BCUT2D eigenvalue weighted by Crippen LogP contribution is -2.37. The number of rotatable bonds is 7. The van der Waals surface area contributed by atoms with E-state index in [4.69, 9.17) is 11.6 Å². The van der Waals surface area contributed by atoms with E-state index in [1.54, 1.807) is 30.3 Å². The van der Waals surface area contributed by atoms with Gasteiger partial charge in [0, 0.05) is 11.2 Å². The molecule has 0 bridgehead atoms. The van der Waals surface area contributed by atoms with Gasteiger partial charge in [0.15, 0.2) is 17.8 Å². The highest BCUT2D eigenvalue weighted by Gasteiger charge is 2.39. The third-order valence-electron chi connectivity index (χ3n) is 5.54. The summed E-state index contributed by atoms with van der Waals surface area (Å²) >= 11 is 5.94. The zero-order chi connectivity index (χ0) is 26.2. The molecule has 0 saturated carbocycles. The Morgan fingerprint density at radius 1 is 1.11 bits per heavy atom. The molecule has 0 spiro atoms. The van der Waals surface area contributed by atoms with E-state index in [1.165, 1.54) is 22.4 Å². The predicted molar refractivity (Wildman–Crippen MR) is 127 cm³/mol. The molecule has 2 unspecified atom stereocenters. The number of aliphatic hydroxyl groups is 2. The molecule has 36 heavy (non-hydrogen) atoms. The Bertz CT molecular complexity index is 1420. The van der Waals surface area contributed by atoms with Crippen LogP contribution in [0.3, 0.4) is 0 Å². The van der Waals surface area contributed by atoms with Gasteiger partial charge in [-0.1, -0.05) is 35.9 Å². The molecule has 190 valence electrons. The van der Waals surface area contributed by atoms with Crippen LogP contribution in [-0.4, -0.2) is 46.4 Å². The number of nitrogens with zero attached hydrogens (tertiary/aromatic N) is 5. The number of aliphatic hydroxyl groups excluding tert-OH is 2. The number of imidazole rings is 1. The summed E-state index contributed by atoms with van der Waals surface area (Å²) in [5.41, 5.74) is 1.41. The molecule has 2 heterocycles.